The topological polar surface area (TPSA) is 36.7 Å². The fourth-order valence-corrected chi connectivity index (χ4v) is 1.41. The third kappa shape index (κ3) is 2.01. The molecular weight excluding hydrogens is 242 g/mol. The van der Waals surface area contributed by atoms with E-state index in [9.17, 15) is 8.78 Å². The number of hydrogen-bond donors (Lipinski definition) is 0. The van der Waals surface area contributed by atoms with Gasteiger partial charge in [0.25, 0.3) is 6.43 Å². The molecule has 0 saturated carbocycles. The van der Waals surface area contributed by atoms with Gasteiger partial charge in [-0.05, 0) is 28.9 Å². The molecule has 0 amide bonds. The minimum absolute atomic E-state index is 0.0963. The lowest BCUT2D eigenvalue weighted by atomic mass is 10.1. The van der Waals surface area contributed by atoms with Gasteiger partial charge in [0.2, 0.25) is 0 Å². The molecule has 0 aliphatic rings. The maximum Gasteiger partial charge on any atom is 0.266 e. The van der Waals surface area contributed by atoms with E-state index in [1.165, 1.54) is 0 Å². The van der Waals surface area contributed by atoms with Gasteiger partial charge in [0, 0.05) is 0 Å². The Hall–Kier alpha value is -1.02. The van der Waals surface area contributed by atoms with Gasteiger partial charge in [-0.25, -0.2) is 13.8 Å². The van der Waals surface area contributed by atoms with Crippen molar-refractivity contribution in [3.8, 4) is 6.07 Å². The Morgan fingerprint density at radius 2 is 2.23 bits per heavy atom. The van der Waals surface area contributed by atoms with Crippen molar-refractivity contribution in [2.45, 2.75) is 13.3 Å². The van der Waals surface area contributed by atoms with E-state index in [0.29, 0.717) is 5.69 Å². The summed E-state index contributed by atoms with van der Waals surface area (Å²) in [7, 11) is 0. The van der Waals surface area contributed by atoms with Crippen molar-refractivity contribution < 1.29 is 8.78 Å². The largest absolute Gasteiger partial charge is 0.266 e. The first-order valence-electron chi connectivity index (χ1n) is 3.41. The Morgan fingerprint density at radius 1 is 1.62 bits per heavy atom. The van der Waals surface area contributed by atoms with Crippen molar-refractivity contribution >= 4 is 15.9 Å². The summed E-state index contributed by atoms with van der Waals surface area (Å²) >= 11 is 2.91. The lowest BCUT2D eigenvalue weighted by molar-refractivity contribution is 0.150. The number of pyridine rings is 1. The molecule has 0 unspecified atom stereocenters. The predicted molar refractivity (Wildman–Crippen MR) is 46.3 cm³/mol. The van der Waals surface area contributed by atoms with Crippen molar-refractivity contribution in [2.24, 2.45) is 0 Å². The Balaban J connectivity index is 3.33. The van der Waals surface area contributed by atoms with Crippen LogP contribution in [0, 0.1) is 18.3 Å². The number of nitriles is 1. The summed E-state index contributed by atoms with van der Waals surface area (Å²) in [5, 5.41) is 8.57. The lowest BCUT2D eigenvalue weighted by Gasteiger charge is -2.04. The lowest BCUT2D eigenvalue weighted by Crippen LogP contribution is -1.95. The molecule has 0 radical (unpaired) electrons. The smallest absolute Gasteiger partial charge is 0.244 e. The molecule has 0 saturated heterocycles. The van der Waals surface area contributed by atoms with Crippen LogP contribution >= 0.6 is 15.9 Å². The molecule has 0 spiro atoms. The van der Waals surface area contributed by atoms with Gasteiger partial charge >= 0.3 is 0 Å². The van der Waals surface area contributed by atoms with Crippen LogP contribution in [0.2, 0.25) is 0 Å². The molecule has 2 nitrogen and oxygen atoms in total. The fraction of sp³-hybridized carbons (Fsp3) is 0.250. The standard InChI is InChI=1S/C8H5BrF2N2/c1-4-5(3-12)2-6(8(10)11)7(9)13-4/h2,8H,1H3. The van der Waals surface area contributed by atoms with Crippen LogP contribution in [0.15, 0.2) is 10.7 Å². The van der Waals surface area contributed by atoms with Crippen molar-refractivity contribution in [3.05, 3.63) is 27.5 Å². The normalized spacial score (nSPS) is 10.2. The van der Waals surface area contributed by atoms with E-state index in [2.05, 4.69) is 20.9 Å². The van der Waals surface area contributed by atoms with Crippen molar-refractivity contribution in [1.82, 2.24) is 4.98 Å². The van der Waals surface area contributed by atoms with E-state index in [-0.39, 0.29) is 15.7 Å². The predicted octanol–water partition coefficient (Wildman–Crippen LogP) is 2.96. The van der Waals surface area contributed by atoms with Crippen LogP contribution in [0.1, 0.15) is 23.2 Å². The highest BCUT2D eigenvalue weighted by atomic mass is 79.9. The Morgan fingerprint density at radius 3 is 2.69 bits per heavy atom. The van der Waals surface area contributed by atoms with E-state index in [4.69, 9.17) is 5.26 Å². The average molecular weight is 247 g/mol. The zero-order valence-electron chi connectivity index (χ0n) is 6.68. The first kappa shape index (κ1) is 10.1. The second-order valence-electron chi connectivity index (χ2n) is 2.41. The van der Waals surface area contributed by atoms with Gasteiger partial charge in [0.15, 0.2) is 0 Å². The summed E-state index contributed by atoms with van der Waals surface area (Å²) in [4.78, 5) is 3.78. The summed E-state index contributed by atoms with van der Waals surface area (Å²) in [5.41, 5.74) is 0.374. The van der Waals surface area contributed by atoms with E-state index >= 15 is 0 Å². The molecule has 0 fully saturated rings. The molecular formula is C8H5BrF2N2. The third-order valence-corrected chi connectivity index (χ3v) is 2.18. The number of nitrogens with zero attached hydrogens (tertiary/aromatic N) is 2. The molecule has 0 aliphatic heterocycles. The van der Waals surface area contributed by atoms with E-state index in [0.717, 1.165) is 6.07 Å². The van der Waals surface area contributed by atoms with Crippen LogP contribution < -0.4 is 0 Å². The van der Waals surface area contributed by atoms with Gasteiger partial charge in [-0.15, -0.1) is 0 Å². The fourth-order valence-electron chi connectivity index (χ4n) is 0.858. The summed E-state index contributed by atoms with van der Waals surface area (Å²) in [6.07, 6.45) is -2.62. The van der Waals surface area contributed by atoms with Crippen molar-refractivity contribution in [2.75, 3.05) is 0 Å². The number of rotatable bonds is 1. The van der Waals surface area contributed by atoms with Crippen LogP contribution in [-0.2, 0) is 0 Å². The summed E-state index contributed by atoms with van der Waals surface area (Å²) in [5.74, 6) is 0. The highest BCUT2D eigenvalue weighted by Gasteiger charge is 2.14. The molecule has 1 aromatic rings. The minimum atomic E-state index is -2.62. The van der Waals surface area contributed by atoms with Gasteiger partial charge in [-0.3, -0.25) is 0 Å². The van der Waals surface area contributed by atoms with Crippen LogP contribution in [0.3, 0.4) is 0 Å². The van der Waals surface area contributed by atoms with E-state index < -0.39 is 6.43 Å². The zero-order valence-corrected chi connectivity index (χ0v) is 8.27. The number of aryl methyl sites for hydroxylation is 1. The molecule has 1 heterocycles. The van der Waals surface area contributed by atoms with E-state index in [1.807, 2.05) is 0 Å². The first-order valence-corrected chi connectivity index (χ1v) is 4.21. The number of alkyl halides is 2. The molecule has 1 aromatic heterocycles. The third-order valence-electron chi connectivity index (χ3n) is 1.55. The van der Waals surface area contributed by atoms with Gasteiger partial charge < -0.3 is 0 Å². The summed E-state index contributed by atoms with van der Waals surface area (Å²) in [6.45, 7) is 1.60. The molecule has 0 aliphatic carbocycles. The molecule has 13 heavy (non-hydrogen) atoms. The number of halogens is 3. The molecule has 0 atom stereocenters. The number of aromatic nitrogens is 1. The zero-order chi connectivity index (χ0) is 10.0. The molecule has 0 N–H and O–H groups in total. The molecule has 68 valence electrons. The van der Waals surface area contributed by atoms with Crippen LogP contribution in [-0.4, -0.2) is 4.98 Å². The maximum absolute atomic E-state index is 12.3. The van der Waals surface area contributed by atoms with Crippen LogP contribution in [0.25, 0.3) is 0 Å². The van der Waals surface area contributed by atoms with Gasteiger partial charge in [-0.2, -0.15) is 5.26 Å². The molecule has 5 heteroatoms. The first-order chi connectivity index (χ1) is 6.06. The van der Waals surface area contributed by atoms with Crippen LogP contribution in [0.5, 0.6) is 0 Å². The Bertz CT molecular complexity index is 371. The van der Waals surface area contributed by atoms with Gasteiger partial charge in [0.1, 0.15) is 10.7 Å². The Labute approximate surface area is 82.3 Å². The van der Waals surface area contributed by atoms with Crippen molar-refractivity contribution in [3.63, 3.8) is 0 Å². The molecule has 0 bridgehead atoms. The van der Waals surface area contributed by atoms with Crippen LogP contribution in [0.4, 0.5) is 8.78 Å². The summed E-state index contributed by atoms with van der Waals surface area (Å²) < 4.78 is 24.7. The highest BCUT2D eigenvalue weighted by molar-refractivity contribution is 9.10. The average Bonchev–Trinajstić information content (AvgIpc) is 2.03. The molecule has 1 rings (SSSR count). The molecule has 0 aromatic carbocycles. The van der Waals surface area contributed by atoms with Gasteiger partial charge in [0.05, 0.1) is 16.8 Å². The second kappa shape index (κ2) is 3.79. The van der Waals surface area contributed by atoms with E-state index in [1.54, 1.807) is 13.0 Å². The SMILES string of the molecule is Cc1nc(Br)c(C(F)F)cc1C#N. The number of hydrogen-bond acceptors (Lipinski definition) is 2. The second-order valence-corrected chi connectivity index (χ2v) is 3.17. The highest BCUT2D eigenvalue weighted by Crippen LogP contribution is 2.27. The minimum Gasteiger partial charge on any atom is -0.244 e. The summed E-state index contributed by atoms with van der Waals surface area (Å²) in [6, 6.07) is 2.95. The Kier molecular flexibility index (Phi) is 2.94. The quantitative estimate of drug-likeness (QED) is 0.715. The monoisotopic (exact) mass is 246 g/mol. The maximum atomic E-state index is 12.3. The van der Waals surface area contributed by atoms with Crippen molar-refractivity contribution in [1.29, 1.82) is 5.26 Å². The van der Waals surface area contributed by atoms with Gasteiger partial charge in [-0.1, -0.05) is 0 Å².